The van der Waals surface area contributed by atoms with Gasteiger partial charge in [0.25, 0.3) is 5.91 Å². The van der Waals surface area contributed by atoms with E-state index >= 15 is 0 Å². The molecule has 1 fully saturated rings. The van der Waals surface area contributed by atoms with Crippen LogP contribution in [-0.2, 0) is 4.79 Å². The van der Waals surface area contributed by atoms with Crippen LogP contribution in [0.4, 0.5) is 39.0 Å². The highest BCUT2D eigenvalue weighted by Gasteiger charge is 2.30. The van der Waals surface area contributed by atoms with Crippen LogP contribution in [0.15, 0.2) is 42.5 Å². The molecule has 5 nitrogen and oxygen atoms in total. The maximum Gasteiger partial charge on any atom is 0.262 e. The number of hydrogen-bond acceptors (Lipinski definition) is 4. The average Bonchev–Trinajstić information content (AvgIpc) is 2.85. The van der Waals surface area contributed by atoms with E-state index in [1.807, 2.05) is 36.9 Å². The molecule has 1 saturated heterocycles. The van der Waals surface area contributed by atoms with Crippen molar-refractivity contribution in [2.45, 2.75) is 13.8 Å². The van der Waals surface area contributed by atoms with Crippen LogP contribution in [0.1, 0.15) is 11.1 Å². The van der Waals surface area contributed by atoms with Crippen LogP contribution >= 0.6 is 0 Å². The van der Waals surface area contributed by atoms with Gasteiger partial charge in [0.1, 0.15) is 11.4 Å². The Kier molecular flexibility index (Phi) is 7.32. The first kappa shape index (κ1) is 25.3. The number of benzene rings is 3. The fourth-order valence-electron chi connectivity index (χ4n) is 4.18. The van der Waals surface area contributed by atoms with Crippen molar-refractivity contribution in [1.29, 1.82) is 0 Å². The Bertz CT molecular complexity index is 1230. The van der Waals surface area contributed by atoms with E-state index in [1.54, 1.807) is 24.3 Å². The van der Waals surface area contributed by atoms with Gasteiger partial charge in [-0.1, -0.05) is 6.07 Å². The van der Waals surface area contributed by atoms with Gasteiger partial charge < -0.3 is 19.9 Å². The Morgan fingerprint density at radius 2 is 1.28 bits per heavy atom. The third-order valence-corrected chi connectivity index (χ3v) is 5.86. The molecule has 0 saturated carbocycles. The number of piperazine rings is 1. The van der Waals surface area contributed by atoms with Crippen LogP contribution in [0.25, 0.3) is 0 Å². The van der Waals surface area contributed by atoms with Gasteiger partial charge in [-0.15, -0.1) is 0 Å². The highest BCUT2D eigenvalue weighted by Crippen LogP contribution is 2.31. The highest BCUT2D eigenvalue weighted by atomic mass is 19.2. The Morgan fingerprint density at radius 1 is 0.778 bits per heavy atom. The van der Waals surface area contributed by atoms with Crippen LogP contribution < -0.4 is 19.9 Å². The van der Waals surface area contributed by atoms with Crippen molar-refractivity contribution in [3.8, 4) is 5.75 Å². The summed E-state index contributed by atoms with van der Waals surface area (Å²) in [5.41, 5.74) is 2.51. The zero-order valence-corrected chi connectivity index (χ0v) is 19.7. The van der Waals surface area contributed by atoms with Crippen LogP contribution in [0, 0.1) is 42.9 Å². The summed E-state index contributed by atoms with van der Waals surface area (Å²) in [6, 6.07) is 12.7. The molecule has 4 rings (SSSR count). The van der Waals surface area contributed by atoms with Gasteiger partial charge in [-0.3, -0.25) is 4.79 Å². The lowest BCUT2D eigenvalue weighted by Gasteiger charge is -2.37. The molecule has 0 unspecified atom stereocenters. The second kappa shape index (κ2) is 10.4. The molecule has 1 aliphatic rings. The molecule has 3 aromatic rings. The molecule has 1 N–H and O–H groups in total. The van der Waals surface area contributed by atoms with Crippen molar-refractivity contribution in [3.63, 3.8) is 0 Å². The van der Waals surface area contributed by atoms with Gasteiger partial charge >= 0.3 is 0 Å². The summed E-state index contributed by atoms with van der Waals surface area (Å²) < 4.78 is 74.2. The summed E-state index contributed by atoms with van der Waals surface area (Å²) in [7, 11) is 0. The molecule has 1 aliphatic heterocycles. The van der Waals surface area contributed by atoms with Gasteiger partial charge in [0.15, 0.2) is 29.9 Å². The maximum absolute atomic E-state index is 14.1. The fourth-order valence-corrected chi connectivity index (χ4v) is 4.18. The molecule has 10 heteroatoms. The zero-order valence-electron chi connectivity index (χ0n) is 19.7. The zero-order chi connectivity index (χ0) is 26.0. The molecule has 1 heterocycles. The van der Waals surface area contributed by atoms with Gasteiger partial charge in [-0.25, -0.2) is 22.0 Å². The average molecular weight is 505 g/mol. The molecule has 1 amide bonds. The lowest BCUT2D eigenvalue weighted by Crippen LogP contribution is -2.47. The highest BCUT2D eigenvalue weighted by molar-refractivity contribution is 5.92. The van der Waals surface area contributed by atoms with Crippen molar-refractivity contribution in [3.05, 3.63) is 82.7 Å². The molecule has 36 heavy (non-hydrogen) atoms. The molecule has 0 spiro atoms. The van der Waals surface area contributed by atoms with E-state index in [2.05, 4.69) is 5.32 Å². The number of carbonyl (C=O) groups excluding carboxylic acids is 1. The Labute approximate surface area is 205 Å². The third-order valence-electron chi connectivity index (χ3n) is 5.86. The van der Waals surface area contributed by atoms with Crippen LogP contribution in [-0.4, -0.2) is 38.7 Å². The number of nitrogens with zero attached hydrogens (tertiary/aromatic N) is 2. The summed E-state index contributed by atoms with van der Waals surface area (Å²) in [5, 5.41) is 2.75. The SMILES string of the molecule is Cc1cc(C)cc(OCC(=O)Nc2ccc(N3CCN(c4c(F)c(F)c(F)c(F)c4F)CC3)cc2)c1. The smallest absolute Gasteiger partial charge is 0.262 e. The van der Waals surface area contributed by atoms with Crippen molar-refractivity contribution < 1.29 is 31.5 Å². The first-order chi connectivity index (χ1) is 17.1. The van der Waals surface area contributed by atoms with E-state index < -0.39 is 34.8 Å². The largest absolute Gasteiger partial charge is 0.484 e. The summed E-state index contributed by atoms with van der Waals surface area (Å²) >= 11 is 0. The van der Waals surface area contributed by atoms with Crippen molar-refractivity contribution in [2.75, 3.05) is 47.9 Å². The minimum atomic E-state index is -2.17. The number of halogens is 5. The molecule has 190 valence electrons. The monoisotopic (exact) mass is 505 g/mol. The van der Waals surface area contributed by atoms with Gasteiger partial charge in [-0.2, -0.15) is 0 Å². The van der Waals surface area contributed by atoms with Crippen molar-refractivity contribution >= 4 is 23.0 Å². The van der Waals surface area contributed by atoms with E-state index in [-0.39, 0.29) is 25.6 Å². The quantitative estimate of drug-likeness (QED) is 0.279. The number of ether oxygens (including phenoxy) is 1. The minimum Gasteiger partial charge on any atom is -0.484 e. The van der Waals surface area contributed by atoms with Gasteiger partial charge in [0.05, 0.1) is 0 Å². The summed E-state index contributed by atoms with van der Waals surface area (Å²) in [6.45, 7) is 4.47. The maximum atomic E-state index is 14.1. The normalized spacial score (nSPS) is 13.6. The van der Waals surface area contributed by atoms with E-state index in [0.29, 0.717) is 24.5 Å². The lowest BCUT2D eigenvalue weighted by atomic mass is 10.1. The first-order valence-electron chi connectivity index (χ1n) is 11.3. The molecule has 0 bridgehead atoms. The minimum absolute atomic E-state index is 0.0621. The molecule has 0 aromatic heterocycles. The first-order valence-corrected chi connectivity index (χ1v) is 11.3. The van der Waals surface area contributed by atoms with Crippen LogP contribution in [0.2, 0.25) is 0 Å². The van der Waals surface area contributed by atoms with Crippen LogP contribution in [0.3, 0.4) is 0 Å². The molecule has 0 atom stereocenters. The number of carbonyl (C=O) groups is 1. The standard InChI is InChI=1S/C26H24F5N3O2/c1-15-11-16(2)13-19(12-15)36-14-20(35)32-17-3-5-18(6-4-17)33-7-9-34(10-8-33)26-24(30)22(28)21(27)23(29)25(26)31/h3-6,11-13H,7-10,14H2,1-2H3,(H,32,35). The number of hydrogen-bond donors (Lipinski definition) is 1. The van der Waals surface area contributed by atoms with E-state index in [0.717, 1.165) is 21.7 Å². The van der Waals surface area contributed by atoms with E-state index in [9.17, 15) is 26.7 Å². The molecular weight excluding hydrogens is 481 g/mol. The topological polar surface area (TPSA) is 44.8 Å². The summed E-state index contributed by atoms with van der Waals surface area (Å²) in [6.07, 6.45) is 0. The summed E-state index contributed by atoms with van der Waals surface area (Å²) in [4.78, 5) is 15.3. The number of rotatable bonds is 6. The summed E-state index contributed by atoms with van der Waals surface area (Å²) in [5.74, 6) is -9.45. The predicted octanol–water partition coefficient (Wildman–Crippen LogP) is 5.34. The van der Waals surface area contributed by atoms with Gasteiger partial charge in [0.2, 0.25) is 5.82 Å². The number of amides is 1. The number of aryl methyl sites for hydroxylation is 2. The Hall–Kier alpha value is -3.82. The van der Waals surface area contributed by atoms with Gasteiger partial charge in [0, 0.05) is 37.6 Å². The number of anilines is 3. The van der Waals surface area contributed by atoms with E-state index in [1.165, 1.54) is 0 Å². The lowest BCUT2D eigenvalue weighted by molar-refractivity contribution is -0.118. The molecule has 3 aromatic carbocycles. The third kappa shape index (κ3) is 5.37. The van der Waals surface area contributed by atoms with Crippen molar-refractivity contribution in [1.82, 2.24) is 0 Å². The predicted molar refractivity (Wildman–Crippen MR) is 127 cm³/mol. The Balaban J connectivity index is 1.33. The van der Waals surface area contributed by atoms with Crippen LogP contribution in [0.5, 0.6) is 5.75 Å². The fraction of sp³-hybridized carbons (Fsp3) is 0.269. The molecule has 0 aliphatic carbocycles. The van der Waals surface area contributed by atoms with E-state index in [4.69, 9.17) is 4.74 Å². The Morgan fingerprint density at radius 3 is 1.83 bits per heavy atom. The van der Waals surface area contributed by atoms with Gasteiger partial charge in [-0.05, 0) is 61.4 Å². The number of nitrogens with one attached hydrogen (secondary N) is 1. The molecule has 0 radical (unpaired) electrons. The molecular formula is C26H24F5N3O2. The second-order valence-corrected chi connectivity index (χ2v) is 8.60. The van der Waals surface area contributed by atoms with Crippen molar-refractivity contribution in [2.24, 2.45) is 0 Å². The second-order valence-electron chi connectivity index (χ2n) is 8.60.